The molecule has 0 aliphatic rings. The molecule has 0 aromatic rings. The number of carboxylic acid groups (broad SMARTS) is 1. The summed E-state index contributed by atoms with van der Waals surface area (Å²) in [5, 5.41) is 11.9. The van der Waals surface area contributed by atoms with Crippen LogP contribution in [0.2, 0.25) is 0 Å². The lowest BCUT2D eigenvalue weighted by Crippen LogP contribution is -2.47. The molecule has 0 radical (unpaired) electrons. The number of hydrogen-bond acceptors (Lipinski definition) is 3. The van der Waals surface area contributed by atoms with Crippen LogP contribution in [0.4, 0.5) is 0 Å². The Morgan fingerprint density at radius 3 is 2.20 bits per heavy atom. The third-order valence-electron chi connectivity index (χ3n) is 2.38. The van der Waals surface area contributed by atoms with Gasteiger partial charge in [0.1, 0.15) is 5.54 Å². The summed E-state index contributed by atoms with van der Waals surface area (Å²) >= 11 is 1.88. The van der Waals surface area contributed by atoms with E-state index in [9.17, 15) is 4.79 Å². The molecule has 0 amide bonds. The zero-order valence-electron chi connectivity index (χ0n) is 10.4. The lowest BCUT2D eigenvalue weighted by molar-refractivity contribution is -0.144. The quantitative estimate of drug-likeness (QED) is 0.692. The number of carboxylic acids is 1. The van der Waals surface area contributed by atoms with Gasteiger partial charge in [0, 0.05) is 4.75 Å². The number of hydrogen-bond donors (Lipinski definition) is 2. The topological polar surface area (TPSA) is 49.3 Å². The van der Waals surface area contributed by atoms with E-state index in [-0.39, 0.29) is 4.75 Å². The van der Waals surface area contributed by atoms with Crippen molar-refractivity contribution < 1.29 is 9.90 Å². The van der Waals surface area contributed by atoms with Gasteiger partial charge in [-0.2, -0.15) is 11.8 Å². The van der Waals surface area contributed by atoms with Crippen LogP contribution in [0.5, 0.6) is 0 Å². The summed E-state index contributed by atoms with van der Waals surface area (Å²) in [5.41, 5.74) is -0.779. The second-order valence-corrected chi connectivity index (χ2v) is 6.87. The van der Waals surface area contributed by atoms with Crippen LogP contribution in [0.15, 0.2) is 0 Å². The van der Waals surface area contributed by atoms with Crippen LogP contribution in [-0.2, 0) is 4.79 Å². The average Bonchev–Trinajstić information content (AvgIpc) is 2.10. The van der Waals surface area contributed by atoms with E-state index in [0.29, 0.717) is 6.42 Å². The third-order valence-corrected chi connectivity index (χ3v) is 3.74. The van der Waals surface area contributed by atoms with E-state index in [0.717, 1.165) is 12.2 Å². The first-order chi connectivity index (χ1) is 6.71. The van der Waals surface area contributed by atoms with E-state index in [1.165, 1.54) is 0 Å². The van der Waals surface area contributed by atoms with Gasteiger partial charge in [0.2, 0.25) is 0 Å². The van der Waals surface area contributed by atoms with Crippen LogP contribution < -0.4 is 5.32 Å². The molecule has 0 fully saturated rings. The van der Waals surface area contributed by atoms with Gasteiger partial charge >= 0.3 is 5.97 Å². The predicted molar refractivity (Wildman–Crippen MR) is 66.5 cm³/mol. The smallest absolute Gasteiger partial charge is 0.323 e. The molecule has 90 valence electrons. The molecule has 0 bridgehead atoms. The monoisotopic (exact) mass is 233 g/mol. The maximum atomic E-state index is 11.0. The normalized spacial score (nSPS) is 16.1. The highest BCUT2D eigenvalue weighted by atomic mass is 32.2. The zero-order chi connectivity index (χ0) is 12.1. The average molecular weight is 233 g/mol. The van der Waals surface area contributed by atoms with Crippen LogP contribution in [0.1, 0.15) is 40.5 Å². The molecule has 15 heavy (non-hydrogen) atoms. The van der Waals surface area contributed by atoms with E-state index < -0.39 is 11.5 Å². The number of likely N-dealkylation sites (N-methyl/N-ethyl adjacent to an activating group) is 1. The van der Waals surface area contributed by atoms with E-state index in [1.807, 2.05) is 11.8 Å². The van der Waals surface area contributed by atoms with Crippen molar-refractivity contribution in [3.05, 3.63) is 0 Å². The standard InChI is InChI=1S/C11H23NO2S/c1-10(2,3)15-8-6-7-11(4,12-5)9(13)14/h12H,6-8H2,1-5H3,(H,13,14). The molecule has 1 atom stereocenters. The van der Waals surface area contributed by atoms with Crippen LogP contribution in [0.3, 0.4) is 0 Å². The Kier molecular flexibility index (Phi) is 5.67. The Bertz CT molecular complexity index is 213. The minimum absolute atomic E-state index is 0.263. The molecular weight excluding hydrogens is 210 g/mol. The van der Waals surface area contributed by atoms with Crippen molar-refractivity contribution in [3.8, 4) is 0 Å². The number of rotatable bonds is 6. The summed E-state index contributed by atoms with van der Waals surface area (Å²) < 4.78 is 0.263. The third kappa shape index (κ3) is 6.05. The molecule has 1 unspecified atom stereocenters. The molecule has 0 rings (SSSR count). The second kappa shape index (κ2) is 5.75. The molecule has 0 aromatic heterocycles. The van der Waals surface area contributed by atoms with E-state index in [4.69, 9.17) is 5.11 Å². The molecule has 2 N–H and O–H groups in total. The number of carbonyl (C=O) groups is 1. The first kappa shape index (κ1) is 14.8. The summed E-state index contributed by atoms with van der Waals surface area (Å²) in [5.74, 6) is 0.236. The van der Waals surface area contributed by atoms with Crippen molar-refractivity contribution in [2.45, 2.75) is 50.8 Å². The Hall–Kier alpha value is -0.220. The molecule has 0 saturated carbocycles. The highest BCUT2D eigenvalue weighted by molar-refractivity contribution is 8.00. The number of aliphatic carboxylic acids is 1. The molecule has 0 heterocycles. The van der Waals surface area contributed by atoms with E-state index in [2.05, 4.69) is 26.1 Å². The predicted octanol–water partition coefficient (Wildman–Crippen LogP) is 2.36. The number of nitrogens with one attached hydrogen (secondary N) is 1. The zero-order valence-corrected chi connectivity index (χ0v) is 11.2. The molecule has 0 aliphatic carbocycles. The first-order valence-corrected chi connectivity index (χ1v) is 6.26. The second-order valence-electron chi connectivity index (χ2n) is 4.95. The molecule has 4 heteroatoms. The van der Waals surface area contributed by atoms with Crippen molar-refractivity contribution in [3.63, 3.8) is 0 Å². The summed E-state index contributed by atoms with van der Waals surface area (Å²) in [7, 11) is 1.70. The highest BCUT2D eigenvalue weighted by Gasteiger charge is 2.30. The van der Waals surface area contributed by atoms with Gasteiger partial charge in [-0.05, 0) is 32.6 Å². The minimum Gasteiger partial charge on any atom is -0.480 e. The fraction of sp³-hybridized carbons (Fsp3) is 0.909. The molecule has 0 aromatic carbocycles. The Morgan fingerprint density at radius 1 is 1.33 bits per heavy atom. The van der Waals surface area contributed by atoms with Crippen LogP contribution in [0.25, 0.3) is 0 Å². The molecule has 0 saturated heterocycles. The maximum absolute atomic E-state index is 11.0. The van der Waals surface area contributed by atoms with Gasteiger partial charge in [-0.3, -0.25) is 4.79 Å². The van der Waals surface area contributed by atoms with Gasteiger partial charge in [0.25, 0.3) is 0 Å². The molecule has 0 aliphatic heterocycles. The van der Waals surface area contributed by atoms with Crippen molar-refractivity contribution in [1.29, 1.82) is 0 Å². The van der Waals surface area contributed by atoms with Crippen molar-refractivity contribution >= 4 is 17.7 Å². The van der Waals surface area contributed by atoms with Gasteiger partial charge < -0.3 is 10.4 Å². The Balaban J connectivity index is 3.89. The molecule has 0 spiro atoms. The van der Waals surface area contributed by atoms with Crippen molar-refractivity contribution in [1.82, 2.24) is 5.32 Å². The van der Waals surface area contributed by atoms with Crippen LogP contribution in [-0.4, -0.2) is 34.2 Å². The van der Waals surface area contributed by atoms with E-state index >= 15 is 0 Å². The Labute approximate surface area is 97.0 Å². The van der Waals surface area contributed by atoms with Gasteiger partial charge in [0.15, 0.2) is 0 Å². The minimum atomic E-state index is -0.779. The highest BCUT2D eigenvalue weighted by Crippen LogP contribution is 2.25. The SMILES string of the molecule is CNC(C)(CCCSC(C)(C)C)C(=O)O. The van der Waals surface area contributed by atoms with Crippen molar-refractivity contribution in [2.24, 2.45) is 0 Å². The fourth-order valence-electron chi connectivity index (χ4n) is 1.14. The van der Waals surface area contributed by atoms with Gasteiger partial charge in [-0.1, -0.05) is 20.8 Å². The van der Waals surface area contributed by atoms with Crippen molar-refractivity contribution in [2.75, 3.05) is 12.8 Å². The van der Waals surface area contributed by atoms with Gasteiger partial charge in [-0.25, -0.2) is 0 Å². The van der Waals surface area contributed by atoms with Crippen LogP contribution in [0, 0.1) is 0 Å². The summed E-state index contributed by atoms with van der Waals surface area (Å²) in [6, 6.07) is 0. The van der Waals surface area contributed by atoms with Gasteiger partial charge in [-0.15, -0.1) is 0 Å². The first-order valence-electron chi connectivity index (χ1n) is 5.27. The summed E-state index contributed by atoms with van der Waals surface area (Å²) in [4.78, 5) is 11.0. The summed E-state index contributed by atoms with van der Waals surface area (Å²) in [6.07, 6.45) is 1.59. The lowest BCUT2D eigenvalue weighted by Gasteiger charge is -2.25. The molecular formula is C11H23NO2S. The molecule has 3 nitrogen and oxygen atoms in total. The van der Waals surface area contributed by atoms with Gasteiger partial charge in [0.05, 0.1) is 0 Å². The fourth-order valence-corrected chi connectivity index (χ4v) is 2.04. The summed E-state index contributed by atoms with van der Waals surface area (Å²) in [6.45, 7) is 8.25. The van der Waals surface area contributed by atoms with Crippen LogP contribution >= 0.6 is 11.8 Å². The number of thioether (sulfide) groups is 1. The largest absolute Gasteiger partial charge is 0.480 e. The maximum Gasteiger partial charge on any atom is 0.323 e. The Morgan fingerprint density at radius 2 is 1.87 bits per heavy atom. The van der Waals surface area contributed by atoms with E-state index in [1.54, 1.807) is 14.0 Å². The lowest BCUT2D eigenvalue weighted by atomic mass is 9.97.